The third-order valence-electron chi connectivity index (χ3n) is 3.43. The second kappa shape index (κ2) is 12.2. The van der Waals surface area contributed by atoms with Crippen LogP contribution in [0.3, 0.4) is 0 Å². The summed E-state index contributed by atoms with van der Waals surface area (Å²) in [5, 5.41) is 9.10. The zero-order valence-electron chi connectivity index (χ0n) is 14.5. The van der Waals surface area contributed by atoms with E-state index in [4.69, 9.17) is 0 Å². The van der Waals surface area contributed by atoms with Crippen LogP contribution in [0.4, 0.5) is 0 Å². The summed E-state index contributed by atoms with van der Waals surface area (Å²) in [6.07, 6.45) is 0.937. The Bertz CT molecular complexity index is 488. The van der Waals surface area contributed by atoms with Gasteiger partial charge in [0.05, 0.1) is 6.54 Å². The van der Waals surface area contributed by atoms with Crippen molar-refractivity contribution in [3.05, 3.63) is 35.4 Å². The number of carbonyl (C=O) groups is 1. The zero-order chi connectivity index (χ0) is 16.4. The van der Waals surface area contributed by atoms with Gasteiger partial charge >= 0.3 is 0 Å². The summed E-state index contributed by atoms with van der Waals surface area (Å²) >= 11 is 0. The minimum atomic E-state index is -0.0172. The first-order chi connectivity index (χ1) is 10.6. The second-order valence-corrected chi connectivity index (χ2v) is 5.47. The van der Waals surface area contributed by atoms with E-state index in [1.165, 1.54) is 11.1 Å². The van der Waals surface area contributed by atoms with Crippen molar-refractivity contribution in [3.8, 4) is 0 Å². The van der Waals surface area contributed by atoms with Crippen molar-refractivity contribution in [1.29, 1.82) is 0 Å². The molecular formula is C17H29IN4O. The average molecular weight is 432 g/mol. The number of rotatable bonds is 7. The lowest BCUT2D eigenvalue weighted by Crippen LogP contribution is -2.44. The van der Waals surface area contributed by atoms with E-state index in [0.29, 0.717) is 18.4 Å². The lowest BCUT2D eigenvalue weighted by Gasteiger charge is -2.16. The van der Waals surface area contributed by atoms with Crippen LogP contribution in [0.15, 0.2) is 29.3 Å². The van der Waals surface area contributed by atoms with Crippen LogP contribution < -0.4 is 16.0 Å². The quantitative estimate of drug-likeness (QED) is 0.352. The number of hydrogen-bond acceptors (Lipinski definition) is 2. The summed E-state index contributed by atoms with van der Waals surface area (Å²) in [5.74, 6) is 0.995. The molecule has 0 saturated heterocycles. The number of hydrogen-bond donors (Lipinski definition) is 3. The van der Waals surface area contributed by atoms with Gasteiger partial charge in [-0.15, -0.1) is 24.0 Å². The average Bonchev–Trinajstić information content (AvgIpc) is 2.53. The Labute approximate surface area is 156 Å². The van der Waals surface area contributed by atoms with E-state index in [2.05, 4.69) is 59.1 Å². The fourth-order valence-electron chi connectivity index (χ4n) is 1.97. The molecule has 23 heavy (non-hydrogen) atoms. The van der Waals surface area contributed by atoms with Gasteiger partial charge in [0.15, 0.2) is 5.96 Å². The van der Waals surface area contributed by atoms with E-state index in [-0.39, 0.29) is 36.4 Å². The molecule has 1 aromatic carbocycles. The van der Waals surface area contributed by atoms with Crippen molar-refractivity contribution >= 4 is 35.8 Å². The first kappa shape index (κ1) is 21.7. The van der Waals surface area contributed by atoms with Gasteiger partial charge in [-0.1, -0.05) is 43.7 Å². The molecule has 5 nitrogen and oxygen atoms in total. The maximum Gasteiger partial charge on any atom is 0.239 e. The van der Waals surface area contributed by atoms with Crippen molar-refractivity contribution < 1.29 is 4.79 Å². The predicted molar refractivity (Wildman–Crippen MR) is 108 cm³/mol. The first-order valence-corrected chi connectivity index (χ1v) is 7.84. The highest BCUT2D eigenvalue weighted by atomic mass is 127. The molecular weight excluding hydrogens is 403 g/mol. The fraction of sp³-hybridized carbons (Fsp3) is 0.529. The lowest BCUT2D eigenvalue weighted by atomic mass is 10.0. The van der Waals surface area contributed by atoms with Gasteiger partial charge in [0, 0.05) is 20.1 Å². The molecule has 1 rings (SSSR count). The second-order valence-electron chi connectivity index (χ2n) is 5.47. The van der Waals surface area contributed by atoms with E-state index in [1.807, 2.05) is 6.92 Å². The number of guanidine groups is 1. The zero-order valence-corrected chi connectivity index (χ0v) is 16.8. The number of halogens is 1. The molecule has 3 N–H and O–H groups in total. The number of amides is 1. The van der Waals surface area contributed by atoms with Crippen molar-refractivity contribution in [3.63, 3.8) is 0 Å². The van der Waals surface area contributed by atoms with Crippen molar-refractivity contribution in [2.45, 2.75) is 33.1 Å². The van der Waals surface area contributed by atoms with Gasteiger partial charge in [-0.05, 0) is 24.8 Å². The van der Waals surface area contributed by atoms with Crippen LogP contribution in [0.5, 0.6) is 0 Å². The van der Waals surface area contributed by atoms with Gasteiger partial charge < -0.3 is 16.0 Å². The van der Waals surface area contributed by atoms with Crippen molar-refractivity contribution in [2.24, 2.45) is 4.99 Å². The molecule has 0 saturated carbocycles. The molecule has 1 unspecified atom stereocenters. The van der Waals surface area contributed by atoms with Gasteiger partial charge in [0.1, 0.15) is 0 Å². The van der Waals surface area contributed by atoms with Crippen LogP contribution in [0, 0.1) is 6.92 Å². The Hall–Kier alpha value is -1.31. The number of aryl methyl sites for hydroxylation is 1. The Morgan fingerprint density at radius 3 is 2.39 bits per heavy atom. The molecule has 0 heterocycles. The number of nitrogens with one attached hydrogen (secondary N) is 3. The van der Waals surface area contributed by atoms with Gasteiger partial charge in [-0.25, -0.2) is 0 Å². The largest absolute Gasteiger partial charge is 0.356 e. The minimum Gasteiger partial charge on any atom is -0.356 e. The molecule has 1 atom stereocenters. The number of aliphatic imine (C=N–C) groups is 1. The van der Waals surface area contributed by atoms with E-state index in [9.17, 15) is 4.79 Å². The van der Waals surface area contributed by atoms with E-state index < -0.39 is 0 Å². The molecule has 130 valence electrons. The Morgan fingerprint density at radius 2 is 1.83 bits per heavy atom. The molecule has 0 aromatic heterocycles. The lowest BCUT2D eigenvalue weighted by molar-refractivity contribution is -0.120. The monoisotopic (exact) mass is 432 g/mol. The van der Waals surface area contributed by atoms with Crippen molar-refractivity contribution in [2.75, 3.05) is 26.7 Å². The van der Waals surface area contributed by atoms with E-state index >= 15 is 0 Å². The van der Waals surface area contributed by atoms with Crippen LogP contribution >= 0.6 is 24.0 Å². The molecule has 0 radical (unpaired) electrons. The number of benzene rings is 1. The fourth-order valence-corrected chi connectivity index (χ4v) is 1.97. The Balaban J connectivity index is 0.00000484. The first-order valence-electron chi connectivity index (χ1n) is 7.84. The van der Waals surface area contributed by atoms with Gasteiger partial charge in [-0.2, -0.15) is 0 Å². The third-order valence-corrected chi connectivity index (χ3v) is 3.43. The molecule has 0 aliphatic carbocycles. The molecule has 0 aliphatic rings. The van der Waals surface area contributed by atoms with Gasteiger partial charge in [0.2, 0.25) is 5.91 Å². The van der Waals surface area contributed by atoms with E-state index in [0.717, 1.165) is 13.0 Å². The minimum absolute atomic E-state index is 0. The maximum atomic E-state index is 11.6. The highest BCUT2D eigenvalue weighted by Gasteiger charge is 2.07. The van der Waals surface area contributed by atoms with Gasteiger partial charge in [0.25, 0.3) is 0 Å². The van der Waals surface area contributed by atoms with Gasteiger partial charge in [-0.3, -0.25) is 9.79 Å². The van der Waals surface area contributed by atoms with Crippen molar-refractivity contribution in [1.82, 2.24) is 16.0 Å². The highest BCUT2D eigenvalue weighted by Crippen LogP contribution is 2.14. The Kier molecular flexibility index (Phi) is 11.5. The summed E-state index contributed by atoms with van der Waals surface area (Å²) in [4.78, 5) is 15.7. The van der Waals surface area contributed by atoms with E-state index in [1.54, 1.807) is 7.05 Å². The van der Waals surface area contributed by atoms with Crippen LogP contribution in [0.25, 0.3) is 0 Å². The molecule has 1 aromatic rings. The SMILES string of the molecule is CCCNC(=O)CNC(=NC)NCC(C)c1ccc(C)cc1.I. The summed E-state index contributed by atoms with van der Waals surface area (Å²) in [5.41, 5.74) is 2.55. The number of nitrogens with zero attached hydrogens (tertiary/aromatic N) is 1. The van der Waals surface area contributed by atoms with Crippen LogP contribution in [0.2, 0.25) is 0 Å². The third kappa shape index (κ3) is 8.78. The Morgan fingerprint density at radius 1 is 1.17 bits per heavy atom. The highest BCUT2D eigenvalue weighted by molar-refractivity contribution is 14.0. The van der Waals surface area contributed by atoms with Crippen LogP contribution in [0.1, 0.15) is 37.3 Å². The summed E-state index contributed by atoms with van der Waals surface area (Å²) in [7, 11) is 1.70. The predicted octanol–water partition coefficient (Wildman–Crippen LogP) is 2.41. The summed E-state index contributed by atoms with van der Waals surface area (Å²) in [6, 6.07) is 8.54. The topological polar surface area (TPSA) is 65.5 Å². The molecule has 0 aliphatic heterocycles. The number of carbonyl (C=O) groups excluding carboxylic acids is 1. The molecule has 1 amide bonds. The molecule has 0 spiro atoms. The van der Waals surface area contributed by atoms with Crippen LogP contribution in [-0.4, -0.2) is 38.5 Å². The molecule has 0 bridgehead atoms. The summed E-state index contributed by atoms with van der Waals surface area (Å²) in [6.45, 7) is 7.98. The summed E-state index contributed by atoms with van der Waals surface area (Å²) < 4.78 is 0. The smallest absolute Gasteiger partial charge is 0.239 e. The maximum absolute atomic E-state index is 11.6. The molecule has 0 fully saturated rings. The molecule has 6 heteroatoms. The standard InChI is InChI=1S/C17H28N4O.HI/c1-5-10-19-16(22)12-21-17(18-4)20-11-14(3)15-8-6-13(2)7-9-15;/h6-9,14H,5,10-12H2,1-4H3,(H,19,22)(H2,18,20,21);1H. The normalized spacial score (nSPS) is 12.1. The van der Waals surface area contributed by atoms with Crippen LogP contribution in [-0.2, 0) is 4.79 Å².